The maximum Gasteiger partial charge on any atom is 0.243 e. The molecule has 0 amide bonds. The molecule has 24 heavy (non-hydrogen) atoms. The van der Waals surface area contributed by atoms with Crippen LogP contribution in [0.25, 0.3) is 0 Å². The van der Waals surface area contributed by atoms with Gasteiger partial charge in [-0.3, -0.25) is 0 Å². The summed E-state index contributed by atoms with van der Waals surface area (Å²) in [6.45, 7) is 5.11. The lowest BCUT2D eigenvalue weighted by Crippen LogP contribution is -2.40. The molecule has 0 spiro atoms. The standard InChI is InChI=1S/C16H26N2O4S.ClH/c1-4-17-12-13-7-9-18(10-8-13)23(19,20)14-5-6-15(21-2)16(11-14)22-3;/h5-6,11,13,17H,4,7-10,12H2,1-3H3;1H. The van der Waals surface area contributed by atoms with E-state index in [1.54, 1.807) is 16.4 Å². The SMILES string of the molecule is CCNCC1CCN(S(=O)(=O)c2ccc(OC)c(OC)c2)CC1.Cl. The zero-order chi connectivity index (χ0) is 16.9. The second kappa shape index (κ2) is 9.46. The molecule has 1 saturated heterocycles. The van der Waals surface area contributed by atoms with E-state index in [4.69, 9.17) is 9.47 Å². The minimum absolute atomic E-state index is 0. The number of methoxy groups -OCH3 is 2. The lowest BCUT2D eigenvalue weighted by atomic mass is 9.98. The highest BCUT2D eigenvalue weighted by Gasteiger charge is 2.29. The maximum absolute atomic E-state index is 12.8. The number of nitrogens with zero attached hydrogens (tertiary/aromatic N) is 1. The normalized spacial score (nSPS) is 16.5. The van der Waals surface area contributed by atoms with Gasteiger partial charge < -0.3 is 14.8 Å². The first-order valence-electron chi connectivity index (χ1n) is 7.95. The van der Waals surface area contributed by atoms with Crippen molar-refractivity contribution in [3.05, 3.63) is 18.2 Å². The highest BCUT2D eigenvalue weighted by atomic mass is 35.5. The van der Waals surface area contributed by atoms with Crippen molar-refractivity contribution in [2.45, 2.75) is 24.7 Å². The smallest absolute Gasteiger partial charge is 0.243 e. The number of hydrogen-bond acceptors (Lipinski definition) is 5. The molecule has 0 unspecified atom stereocenters. The van der Waals surface area contributed by atoms with Crippen LogP contribution in [-0.2, 0) is 10.0 Å². The summed E-state index contributed by atoms with van der Waals surface area (Å²) in [4.78, 5) is 0.250. The first kappa shape index (κ1) is 21.0. The molecule has 0 aromatic heterocycles. The van der Waals surface area contributed by atoms with Gasteiger partial charge in [-0.15, -0.1) is 12.4 Å². The van der Waals surface area contributed by atoms with E-state index in [1.165, 1.54) is 20.3 Å². The van der Waals surface area contributed by atoms with E-state index in [1.807, 2.05) is 0 Å². The van der Waals surface area contributed by atoms with Crippen molar-refractivity contribution in [1.29, 1.82) is 0 Å². The van der Waals surface area contributed by atoms with Crippen LogP contribution in [0.4, 0.5) is 0 Å². The second-order valence-corrected chi connectivity index (χ2v) is 7.61. The summed E-state index contributed by atoms with van der Waals surface area (Å²) in [6.07, 6.45) is 1.78. The summed E-state index contributed by atoms with van der Waals surface area (Å²) in [7, 11) is -0.457. The van der Waals surface area contributed by atoms with Gasteiger partial charge in [-0.25, -0.2) is 8.42 Å². The Balaban J connectivity index is 0.00000288. The largest absolute Gasteiger partial charge is 0.493 e. The molecule has 6 nitrogen and oxygen atoms in total. The average Bonchev–Trinajstić information content (AvgIpc) is 2.59. The van der Waals surface area contributed by atoms with Crippen LogP contribution in [0.2, 0.25) is 0 Å². The quantitative estimate of drug-likeness (QED) is 0.787. The van der Waals surface area contributed by atoms with Gasteiger partial charge in [0, 0.05) is 19.2 Å². The monoisotopic (exact) mass is 378 g/mol. The number of piperidine rings is 1. The van der Waals surface area contributed by atoms with Crippen LogP contribution in [0.15, 0.2) is 23.1 Å². The second-order valence-electron chi connectivity index (χ2n) is 5.67. The highest BCUT2D eigenvalue weighted by Crippen LogP contribution is 2.31. The zero-order valence-corrected chi connectivity index (χ0v) is 16.1. The van der Waals surface area contributed by atoms with Gasteiger partial charge in [-0.05, 0) is 44.0 Å². The van der Waals surface area contributed by atoms with Crippen molar-refractivity contribution >= 4 is 22.4 Å². The third-order valence-electron chi connectivity index (χ3n) is 4.25. The molecular formula is C16H27ClN2O4S. The van der Waals surface area contributed by atoms with Crippen molar-refractivity contribution in [3.8, 4) is 11.5 Å². The number of halogens is 1. The van der Waals surface area contributed by atoms with Crippen molar-refractivity contribution in [3.63, 3.8) is 0 Å². The number of sulfonamides is 1. The van der Waals surface area contributed by atoms with Crippen LogP contribution in [0, 0.1) is 5.92 Å². The third-order valence-corrected chi connectivity index (χ3v) is 6.14. The van der Waals surface area contributed by atoms with Crippen molar-refractivity contribution in [2.75, 3.05) is 40.4 Å². The molecule has 138 valence electrons. The summed E-state index contributed by atoms with van der Waals surface area (Å²) in [5.74, 6) is 1.50. The molecule has 0 saturated carbocycles. The predicted molar refractivity (Wildman–Crippen MR) is 96.8 cm³/mol. The lowest BCUT2D eigenvalue weighted by molar-refractivity contribution is 0.268. The topological polar surface area (TPSA) is 67.9 Å². The predicted octanol–water partition coefficient (Wildman–Crippen LogP) is 2.14. The van der Waals surface area contributed by atoms with Crippen molar-refractivity contribution in [2.24, 2.45) is 5.92 Å². The molecule has 1 aliphatic heterocycles. The van der Waals surface area contributed by atoms with Gasteiger partial charge in [-0.2, -0.15) is 4.31 Å². The van der Waals surface area contributed by atoms with Gasteiger partial charge >= 0.3 is 0 Å². The summed E-state index contributed by atoms with van der Waals surface area (Å²) >= 11 is 0. The Bertz CT molecular complexity index is 617. The Hall–Kier alpha value is -1.02. The number of benzene rings is 1. The van der Waals surface area contributed by atoms with E-state index >= 15 is 0 Å². The Morgan fingerprint density at radius 1 is 1.17 bits per heavy atom. The van der Waals surface area contributed by atoms with E-state index in [0.29, 0.717) is 30.5 Å². The maximum atomic E-state index is 12.8. The van der Waals surface area contributed by atoms with Gasteiger partial charge in [0.1, 0.15) is 0 Å². The Morgan fingerprint density at radius 3 is 2.33 bits per heavy atom. The Labute approximate surface area is 151 Å². The number of rotatable bonds is 7. The fourth-order valence-corrected chi connectivity index (χ4v) is 4.31. The average molecular weight is 379 g/mol. The first-order valence-corrected chi connectivity index (χ1v) is 9.39. The molecule has 8 heteroatoms. The molecule has 0 bridgehead atoms. The summed E-state index contributed by atoms with van der Waals surface area (Å²) in [6, 6.07) is 4.73. The molecule has 2 rings (SSSR count). The fourth-order valence-electron chi connectivity index (χ4n) is 2.83. The van der Waals surface area contributed by atoms with Crippen LogP contribution in [0.1, 0.15) is 19.8 Å². The van der Waals surface area contributed by atoms with Gasteiger partial charge in [0.2, 0.25) is 10.0 Å². The van der Waals surface area contributed by atoms with E-state index < -0.39 is 10.0 Å². The van der Waals surface area contributed by atoms with E-state index in [0.717, 1.165) is 25.9 Å². The van der Waals surface area contributed by atoms with Gasteiger partial charge in [0.05, 0.1) is 19.1 Å². The van der Waals surface area contributed by atoms with Crippen LogP contribution in [0.3, 0.4) is 0 Å². The van der Waals surface area contributed by atoms with Gasteiger partial charge in [-0.1, -0.05) is 6.92 Å². The molecule has 1 fully saturated rings. The van der Waals surface area contributed by atoms with Crippen LogP contribution in [0.5, 0.6) is 11.5 Å². The highest BCUT2D eigenvalue weighted by molar-refractivity contribution is 7.89. The molecule has 1 heterocycles. The summed E-state index contributed by atoms with van der Waals surface area (Å²) in [5, 5.41) is 3.33. The molecular weight excluding hydrogens is 352 g/mol. The van der Waals surface area contributed by atoms with Gasteiger partial charge in [0.25, 0.3) is 0 Å². The summed E-state index contributed by atoms with van der Waals surface area (Å²) < 4.78 is 37.5. The molecule has 1 aromatic carbocycles. The van der Waals surface area contributed by atoms with Crippen molar-refractivity contribution in [1.82, 2.24) is 9.62 Å². The van der Waals surface area contributed by atoms with Crippen molar-refractivity contribution < 1.29 is 17.9 Å². The molecule has 0 atom stereocenters. The molecule has 1 N–H and O–H groups in total. The minimum Gasteiger partial charge on any atom is -0.493 e. The first-order chi connectivity index (χ1) is 11.0. The van der Waals surface area contributed by atoms with Gasteiger partial charge in [0.15, 0.2) is 11.5 Å². The van der Waals surface area contributed by atoms with E-state index in [2.05, 4.69) is 12.2 Å². The molecule has 1 aliphatic rings. The fraction of sp³-hybridized carbons (Fsp3) is 0.625. The van der Waals surface area contributed by atoms with E-state index in [9.17, 15) is 8.42 Å². The third kappa shape index (κ3) is 4.75. The minimum atomic E-state index is -3.49. The van der Waals surface area contributed by atoms with Crippen LogP contribution in [-0.4, -0.2) is 53.1 Å². The molecule has 1 aromatic rings. The van der Waals surface area contributed by atoms with E-state index in [-0.39, 0.29) is 17.3 Å². The Kier molecular flexibility index (Phi) is 8.29. The van der Waals surface area contributed by atoms with Crippen LogP contribution < -0.4 is 14.8 Å². The Morgan fingerprint density at radius 2 is 1.79 bits per heavy atom. The number of nitrogens with one attached hydrogen (secondary N) is 1. The lowest BCUT2D eigenvalue weighted by Gasteiger charge is -2.31. The van der Waals surface area contributed by atoms with Crippen LogP contribution >= 0.6 is 12.4 Å². The molecule has 0 aliphatic carbocycles. The number of hydrogen-bond donors (Lipinski definition) is 1. The zero-order valence-electron chi connectivity index (χ0n) is 14.4. The molecule has 0 radical (unpaired) electrons. The summed E-state index contributed by atoms with van der Waals surface area (Å²) in [5.41, 5.74) is 0. The number of ether oxygens (including phenoxy) is 2.